The van der Waals surface area contributed by atoms with Gasteiger partial charge in [-0.05, 0) is 43.4 Å². The average molecular weight is 337 g/mol. The first kappa shape index (κ1) is 16.0. The van der Waals surface area contributed by atoms with Crippen LogP contribution in [0.1, 0.15) is 59.3 Å². The lowest BCUT2D eigenvalue weighted by molar-refractivity contribution is 0.0706. The van der Waals surface area contributed by atoms with Crippen molar-refractivity contribution in [2.24, 2.45) is 0 Å². The first-order valence-electron chi connectivity index (χ1n) is 8.99. The fourth-order valence-electron chi connectivity index (χ4n) is 3.45. The van der Waals surface area contributed by atoms with Gasteiger partial charge in [-0.2, -0.15) is 0 Å². The van der Waals surface area contributed by atoms with Crippen LogP contribution in [0.2, 0.25) is 0 Å². The van der Waals surface area contributed by atoms with Gasteiger partial charge >= 0.3 is 0 Å². The number of amides is 1. The molecule has 6 heteroatoms. The maximum absolute atomic E-state index is 12.8. The summed E-state index contributed by atoms with van der Waals surface area (Å²) in [6.45, 7) is 1.53. The van der Waals surface area contributed by atoms with E-state index in [2.05, 4.69) is 26.3 Å². The zero-order chi connectivity index (χ0) is 17.2. The Labute approximate surface area is 147 Å². The molecule has 0 bridgehead atoms. The van der Waals surface area contributed by atoms with Crippen molar-refractivity contribution < 1.29 is 4.79 Å². The second-order valence-electron chi connectivity index (χ2n) is 6.92. The summed E-state index contributed by atoms with van der Waals surface area (Å²) in [5, 5.41) is 3.08. The van der Waals surface area contributed by atoms with Crippen LogP contribution in [0.25, 0.3) is 0 Å². The van der Waals surface area contributed by atoms with Crippen LogP contribution in [0.3, 0.4) is 0 Å². The van der Waals surface area contributed by atoms with Crippen molar-refractivity contribution >= 4 is 11.7 Å². The Kier molecular flexibility index (Phi) is 4.34. The maximum atomic E-state index is 12.8. The van der Waals surface area contributed by atoms with Crippen LogP contribution in [-0.4, -0.2) is 45.9 Å². The number of nitrogens with one attached hydrogen (secondary N) is 1. The molecular formula is C19H23N5O. The summed E-state index contributed by atoms with van der Waals surface area (Å²) in [5.41, 5.74) is 1.83. The molecular weight excluding hydrogens is 314 g/mol. The Morgan fingerprint density at radius 2 is 1.96 bits per heavy atom. The normalized spacial score (nSPS) is 20.4. The molecule has 1 amide bonds. The summed E-state index contributed by atoms with van der Waals surface area (Å²) in [4.78, 5) is 27.8. The largest absolute Gasteiger partial charge is 0.373 e. The molecule has 4 rings (SSSR count). The first-order valence-corrected chi connectivity index (χ1v) is 8.99. The SMILES string of the molecule is CNc1cc(C2CCCN(C(=O)c3cnc(C4CC4)nc3)C2)ccn1. The highest BCUT2D eigenvalue weighted by atomic mass is 16.2. The second-order valence-corrected chi connectivity index (χ2v) is 6.92. The molecule has 1 atom stereocenters. The minimum Gasteiger partial charge on any atom is -0.373 e. The van der Waals surface area contributed by atoms with Gasteiger partial charge in [-0.25, -0.2) is 15.0 Å². The van der Waals surface area contributed by atoms with Crippen molar-refractivity contribution in [3.8, 4) is 0 Å². The summed E-state index contributed by atoms with van der Waals surface area (Å²) in [5.74, 6) is 2.64. The van der Waals surface area contributed by atoms with Crippen molar-refractivity contribution in [2.45, 2.75) is 37.5 Å². The van der Waals surface area contributed by atoms with Crippen LogP contribution in [0.4, 0.5) is 5.82 Å². The lowest BCUT2D eigenvalue weighted by atomic mass is 9.91. The molecule has 2 aliphatic rings. The van der Waals surface area contributed by atoms with Crippen LogP contribution in [0.15, 0.2) is 30.7 Å². The number of pyridine rings is 1. The zero-order valence-electron chi connectivity index (χ0n) is 14.5. The molecule has 2 fully saturated rings. The Bertz CT molecular complexity index is 757. The van der Waals surface area contributed by atoms with Crippen molar-refractivity contribution in [1.29, 1.82) is 0 Å². The molecule has 1 aliphatic heterocycles. The number of carbonyl (C=O) groups is 1. The van der Waals surface area contributed by atoms with E-state index in [1.165, 1.54) is 18.4 Å². The van der Waals surface area contributed by atoms with Crippen molar-refractivity contribution in [3.63, 3.8) is 0 Å². The van der Waals surface area contributed by atoms with Crippen molar-refractivity contribution in [2.75, 3.05) is 25.5 Å². The highest BCUT2D eigenvalue weighted by Gasteiger charge is 2.28. The Hall–Kier alpha value is -2.50. The van der Waals surface area contributed by atoms with E-state index in [-0.39, 0.29) is 5.91 Å². The van der Waals surface area contributed by atoms with Crippen LogP contribution < -0.4 is 5.32 Å². The molecule has 1 saturated carbocycles. The lowest BCUT2D eigenvalue weighted by Crippen LogP contribution is -2.39. The summed E-state index contributed by atoms with van der Waals surface area (Å²) in [6, 6.07) is 4.12. The molecule has 6 nitrogen and oxygen atoms in total. The van der Waals surface area contributed by atoms with Crippen molar-refractivity contribution in [3.05, 3.63) is 47.7 Å². The third-order valence-corrected chi connectivity index (χ3v) is 5.08. The fraction of sp³-hybridized carbons (Fsp3) is 0.474. The molecule has 3 heterocycles. The van der Waals surface area contributed by atoms with Gasteiger partial charge in [0.05, 0.1) is 5.56 Å². The molecule has 0 spiro atoms. The molecule has 1 N–H and O–H groups in total. The molecule has 0 radical (unpaired) electrons. The Morgan fingerprint density at radius 1 is 1.16 bits per heavy atom. The van der Waals surface area contributed by atoms with Gasteiger partial charge < -0.3 is 10.2 Å². The molecule has 1 unspecified atom stereocenters. The lowest BCUT2D eigenvalue weighted by Gasteiger charge is -2.33. The van der Waals surface area contributed by atoms with E-state index in [0.717, 1.165) is 37.6 Å². The smallest absolute Gasteiger partial charge is 0.257 e. The number of piperidine rings is 1. The van der Waals surface area contributed by atoms with Crippen LogP contribution in [-0.2, 0) is 0 Å². The fourth-order valence-corrected chi connectivity index (χ4v) is 3.45. The minimum atomic E-state index is 0.0370. The van der Waals surface area contributed by atoms with Gasteiger partial charge in [-0.3, -0.25) is 4.79 Å². The minimum absolute atomic E-state index is 0.0370. The van der Waals surface area contributed by atoms with E-state index in [1.807, 2.05) is 24.2 Å². The first-order chi connectivity index (χ1) is 12.2. The molecule has 0 aromatic carbocycles. The quantitative estimate of drug-likeness (QED) is 0.929. The molecule has 2 aromatic rings. The van der Waals surface area contributed by atoms with Crippen LogP contribution in [0.5, 0.6) is 0 Å². The molecule has 2 aromatic heterocycles. The van der Waals surface area contributed by atoms with E-state index in [1.54, 1.807) is 12.4 Å². The monoisotopic (exact) mass is 337 g/mol. The topological polar surface area (TPSA) is 71.0 Å². The van der Waals surface area contributed by atoms with Gasteiger partial charge in [0.1, 0.15) is 11.6 Å². The van der Waals surface area contributed by atoms with Gasteiger partial charge in [0, 0.05) is 50.6 Å². The Balaban J connectivity index is 1.47. The third-order valence-electron chi connectivity index (χ3n) is 5.08. The number of carbonyl (C=O) groups excluding carboxylic acids is 1. The van der Waals surface area contributed by atoms with E-state index in [9.17, 15) is 4.79 Å². The molecule has 1 saturated heterocycles. The van der Waals surface area contributed by atoms with E-state index in [0.29, 0.717) is 17.4 Å². The second kappa shape index (κ2) is 6.78. The average Bonchev–Trinajstić information content (AvgIpc) is 3.53. The molecule has 130 valence electrons. The Morgan fingerprint density at radius 3 is 2.68 bits per heavy atom. The van der Waals surface area contributed by atoms with E-state index in [4.69, 9.17) is 0 Å². The van der Waals surface area contributed by atoms with E-state index >= 15 is 0 Å². The standard InChI is InChI=1S/C19H23N5O/c1-20-17-9-14(6-7-21-17)15-3-2-8-24(12-15)19(25)16-10-22-18(23-11-16)13-4-5-13/h6-7,9-11,13,15H,2-5,8,12H2,1H3,(H,20,21). The van der Waals surface area contributed by atoms with Gasteiger partial charge in [0.2, 0.25) is 0 Å². The predicted octanol–water partition coefficient (Wildman–Crippen LogP) is 2.81. The number of likely N-dealkylation sites (tertiary alicyclic amines) is 1. The van der Waals surface area contributed by atoms with Crippen molar-refractivity contribution in [1.82, 2.24) is 19.9 Å². The number of hydrogen-bond acceptors (Lipinski definition) is 5. The summed E-state index contributed by atoms with van der Waals surface area (Å²) in [6.07, 6.45) is 9.65. The number of hydrogen-bond donors (Lipinski definition) is 1. The highest BCUT2D eigenvalue weighted by molar-refractivity contribution is 5.93. The van der Waals surface area contributed by atoms with Gasteiger partial charge in [-0.1, -0.05) is 0 Å². The highest BCUT2D eigenvalue weighted by Crippen LogP contribution is 2.37. The summed E-state index contributed by atoms with van der Waals surface area (Å²) >= 11 is 0. The van der Waals surface area contributed by atoms with Gasteiger partial charge in [-0.15, -0.1) is 0 Å². The van der Waals surface area contributed by atoms with Gasteiger partial charge in [0.15, 0.2) is 0 Å². The summed E-state index contributed by atoms with van der Waals surface area (Å²) < 4.78 is 0. The van der Waals surface area contributed by atoms with E-state index < -0.39 is 0 Å². The zero-order valence-corrected chi connectivity index (χ0v) is 14.5. The summed E-state index contributed by atoms with van der Waals surface area (Å²) in [7, 11) is 1.87. The maximum Gasteiger partial charge on any atom is 0.257 e. The molecule has 1 aliphatic carbocycles. The molecule has 25 heavy (non-hydrogen) atoms. The van der Waals surface area contributed by atoms with Gasteiger partial charge in [0.25, 0.3) is 5.91 Å². The number of nitrogens with zero attached hydrogens (tertiary/aromatic N) is 4. The van der Waals surface area contributed by atoms with Crippen LogP contribution in [0, 0.1) is 0 Å². The third kappa shape index (κ3) is 3.48. The number of rotatable bonds is 4. The number of anilines is 1. The predicted molar refractivity (Wildman–Crippen MR) is 95.7 cm³/mol. The van der Waals surface area contributed by atoms with Crippen LogP contribution >= 0.6 is 0 Å². The number of aromatic nitrogens is 3.